The summed E-state index contributed by atoms with van der Waals surface area (Å²) in [4.78, 5) is 5.97. The molecule has 0 radical (unpaired) electrons. The summed E-state index contributed by atoms with van der Waals surface area (Å²) in [5, 5.41) is 1.81. The van der Waals surface area contributed by atoms with Crippen molar-refractivity contribution in [3.05, 3.63) is 44.9 Å². The van der Waals surface area contributed by atoms with Crippen LogP contribution in [-0.4, -0.2) is 11.6 Å². The minimum absolute atomic E-state index is 0.596. The number of halogens is 1. The highest BCUT2D eigenvalue weighted by Gasteiger charge is 2.29. The maximum Gasteiger partial charge on any atom is 0.120 e. The van der Waals surface area contributed by atoms with Gasteiger partial charge in [-0.25, -0.2) is 4.98 Å². The van der Waals surface area contributed by atoms with Gasteiger partial charge in [-0.3, -0.25) is 0 Å². The van der Waals surface area contributed by atoms with Crippen molar-refractivity contribution in [1.82, 2.24) is 4.98 Å². The largest absolute Gasteiger partial charge is 0.493 e. The van der Waals surface area contributed by atoms with Crippen LogP contribution in [0.4, 0.5) is 0 Å². The fourth-order valence-corrected chi connectivity index (χ4v) is 3.35. The van der Waals surface area contributed by atoms with E-state index in [0.29, 0.717) is 24.1 Å². The maximum atomic E-state index is 5.92. The Labute approximate surface area is 127 Å². The van der Waals surface area contributed by atoms with Gasteiger partial charge < -0.3 is 10.5 Å². The standard InChI is InChI=1S/C15H17ClN2OS/c16-11-2-1-3-12(8-11)19-7-6-14-18-15(10-4-5-10)13(9-17)20-14/h1-3,8,10H,4-7,9,17H2. The van der Waals surface area contributed by atoms with Crippen LogP contribution in [0.1, 0.15) is 34.3 Å². The predicted octanol–water partition coefficient (Wildman–Crippen LogP) is 3.75. The Balaban J connectivity index is 1.58. The average Bonchev–Trinajstić information content (AvgIpc) is 3.20. The number of thiazole rings is 1. The number of aromatic nitrogens is 1. The van der Waals surface area contributed by atoms with Gasteiger partial charge in [-0.2, -0.15) is 0 Å². The van der Waals surface area contributed by atoms with Crippen molar-refractivity contribution in [2.75, 3.05) is 6.61 Å². The van der Waals surface area contributed by atoms with Crippen molar-refractivity contribution in [2.45, 2.75) is 31.7 Å². The Bertz CT molecular complexity index is 595. The molecule has 1 aliphatic rings. The first kappa shape index (κ1) is 13.9. The number of nitrogens with two attached hydrogens (primary N) is 1. The lowest BCUT2D eigenvalue weighted by molar-refractivity contribution is 0.321. The second-order valence-electron chi connectivity index (χ2n) is 4.95. The molecule has 0 bridgehead atoms. The van der Waals surface area contributed by atoms with Crippen molar-refractivity contribution >= 4 is 22.9 Å². The van der Waals surface area contributed by atoms with E-state index in [9.17, 15) is 0 Å². The third kappa shape index (κ3) is 3.32. The Hall–Kier alpha value is -1.10. The van der Waals surface area contributed by atoms with Crippen molar-refractivity contribution < 1.29 is 4.74 Å². The lowest BCUT2D eigenvalue weighted by atomic mass is 10.2. The molecule has 5 heteroatoms. The molecule has 3 nitrogen and oxygen atoms in total. The van der Waals surface area contributed by atoms with Crippen molar-refractivity contribution in [3.8, 4) is 5.75 Å². The Morgan fingerprint density at radius 3 is 2.95 bits per heavy atom. The zero-order valence-electron chi connectivity index (χ0n) is 11.1. The van der Waals surface area contributed by atoms with E-state index < -0.39 is 0 Å². The number of rotatable bonds is 6. The first-order valence-corrected chi connectivity index (χ1v) is 8.02. The van der Waals surface area contributed by atoms with Crippen molar-refractivity contribution in [2.24, 2.45) is 5.73 Å². The molecular weight excluding hydrogens is 292 g/mol. The van der Waals surface area contributed by atoms with Crippen LogP contribution in [0.3, 0.4) is 0 Å². The molecule has 0 atom stereocenters. The van der Waals surface area contributed by atoms with E-state index in [1.165, 1.54) is 23.4 Å². The van der Waals surface area contributed by atoms with Crippen LogP contribution in [0.2, 0.25) is 5.02 Å². The summed E-state index contributed by atoms with van der Waals surface area (Å²) in [6.45, 7) is 1.21. The van der Waals surface area contributed by atoms with E-state index in [1.54, 1.807) is 11.3 Å². The monoisotopic (exact) mass is 308 g/mol. The van der Waals surface area contributed by atoms with E-state index in [0.717, 1.165) is 17.2 Å². The van der Waals surface area contributed by atoms with E-state index in [4.69, 9.17) is 27.1 Å². The second kappa shape index (κ2) is 6.12. The number of ether oxygens (including phenoxy) is 1. The predicted molar refractivity (Wildman–Crippen MR) is 82.6 cm³/mol. The van der Waals surface area contributed by atoms with Gasteiger partial charge in [-0.15, -0.1) is 11.3 Å². The molecule has 2 N–H and O–H groups in total. The lowest BCUT2D eigenvalue weighted by Crippen LogP contribution is -2.01. The molecule has 1 aromatic carbocycles. The van der Waals surface area contributed by atoms with E-state index in [1.807, 2.05) is 24.3 Å². The molecule has 0 amide bonds. The molecule has 1 aromatic heterocycles. The highest BCUT2D eigenvalue weighted by atomic mass is 35.5. The average molecular weight is 309 g/mol. The van der Waals surface area contributed by atoms with Gasteiger partial charge in [-0.1, -0.05) is 17.7 Å². The Kier molecular flexibility index (Phi) is 4.24. The topological polar surface area (TPSA) is 48.1 Å². The molecule has 3 rings (SSSR count). The molecule has 0 unspecified atom stereocenters. The molecule has 0 aliphatic heterocycles. The molecule has 2 aromatic rings. The van der Waals surface area contributed by atoms with Gasteiger partial charge in [0, 0.05) is 28.8 Å². The quantitative estimate of drug-likeness (QED) is 0.884. The number of nitrogens with zero attached hydrogens (tertiary/aromatic N) is 1. The summed E-state index contributed by atoms with van der Waals surface area (Å²) in [5.74, 6) is 1.46. The summed E-state index contributed by atoms with van der Waals surface area (Å²) < 4.78 is 5.70. The summed E-state index contributed by atoms with van der Waals surface area (Å²) >= 11 is 7.65. The molecule has 1 saturated carbocycles. The molecule has 0 spiro atoms. The first-order valence-electron chi connectivity index (χ1n) is 6.83. The minimum atomic E-state index is 0.596. The molecule has 1 heterocycles. The summed E-state index contributed by atoms with van der Waals surface area (Å²) in [6, 6.07) is 7.46. The molecule has 20 heavy (non-hydrogen) atoms. The molecule has 106 valence electrons. The summed E-state index contributed by atoms with van der Waals surface area (Å²) in [7, 11) is 0. The van der Waals surface area contributed by atoms with Crippen LogP contribution >= 0.6 is 22.9 Å². The van der Waals surface area contributed by atoms with E-state index >= 15 is 0 Å². The van der Waals surface area contributed by atoms with E-state index in [2.05, 4.69) is 0 Å². The second-order valence-corrected chi connectivity index (χ2v) is 6.55. The van der Waals surface area contributed by atoms with Crippen molar-refractivity contribution in [1.29, 1.82) is 0 Å². The Morgan fingerprint density at radius 2 is 2.25 bits per heavy atom. The minimum Gasteiger partial charge on any atom is -0.493 e. The number of hydrogen-bond donors (Lipinski definition) is 1. The zero-order chi connectivity index (χ0) is 13.9. The highest BCUT2D eigenvalue weighted by Crippen LogP contribution is 2.42. The fourth-order valence-electron chi connectivity index (χ4n) is 2.16. The van der Waals surface area contributed by atoms with Gasteiger partial charge in [0.15, 0.2) is 0 Å². The number of hydrogen-bond acceptors (Lipinski definition) is 4. The smallest absolute Gasteiger partial charge is 0.120 e. The van der Waals surface area contributed by atoms with Gasteiger partial charge >= 0.3 is 0 Å². The molecule has 0 saturated heterocycles. The van der Waals surface area contributed by atoms with Crippen LogP contribution in [-0.2, 0) is 13.0 Å². The van der Waals surface area contributed by atoms with Gasteiger partial charge in [-0.05, 0) is 31.0 Å². The third-order valence-electron chi connectivity index (χ3n) is 3.30. The third-order valence-corrected chi connectivity index (χ3v) is 4.69. The van der Waals surface area contributed by atoms with Crippen molar-refractivity contribution in [3.63, 3.8) is 0 Å². The van der Waals surface area contributed by atoms with Crippen LogP contribution in [0.5, 0.6) is 5.75 Å². The van der Waals surface area contributed by atoms with Gasteiger partial charge in [0.1, 0.15) is 5.75 Å². The fraction of sp³-hybridized carbons (Fsp3) is 0.400. The van der Waals surface area contributed by atoms with Gasteiger partial charge in [0.2, 0.25) is 0 Å². The Morgan fingerprint density at radius 1 is 1.40 bits per heavy atom. The summed E-state index contributed by atoms with van der Waals surface area (Å²) in [5.41, 5.74) is 7.02. The normalized spacial score (nSPS) is 14.5. The SMILES string of the molecule is NCc1sc(CCOc2cccc(Cl)c2)nc1C1CC1. The van der Waals surface area contributed by atoms with Gasteiger partial charge in [0.05, 0.1) is 17.3 Å². The molecule has 1 aliphatic carbocycles. The van der Waals surface area contributed by atoms with Gasteiger partial charge in [0.25, 0.3) is 0 Å². The van der Waals surface area contributed by atoms with E-state index in [-0.39, 0.29) is 0 Å². The van der Waals surface area contributed by atoms with Crippen LogP contribution in [0.15, 0.2) is 24.3 Å². The zero-order valence-corrected chi connectivity index (χ0v) is 12.7. The molecular formula is C15H17ClN2OS. The summed E-state index contributed by atoms with van der Waals surface area (Å²) in [6.07, 6.45) is 3.33. The first-order chi connectivity index (χ1) is 9.76. The van der Waals surface area contributed by atoms with Crippen LogP contribution < -0.4 is 10.5 Å². The van der Waals surface area contributed by atoms with Crippen LogP contribution in [0, 0.1) is 0 Å². The maximum absolute atomic E-state index is 5.92. The van der Waals surface area contributed by atoms with Crippen LogP contribution in [0.25, 0.3) is 0 Å². The number of benzene rings is 1. The lowest BCUT2D eigenvalue weighted by Gasteiger charge is -2.04. The molecule has 1 fully saturated rings. The highest BCUT2D eigenvalue weighted by molar-refractivity contribution is 7.11.